The van der Waals surface area contributed by atoms with Crippen LogP contribution in [0.15, 0.2) is 24.3 Å². The number of sulfonamides is 1. The largest absolute Gasteiger partial charge is 0.480 e. The number of hydrogen-bond acceptors (Lipinski definition) is 5. The normalized spacial score (nSPS) is 12.3. The van der Waals surface area contributed by atoms with E-state index in [1.807, 2.05) is 6.26 Å². The minimum absolute atomic E-state index is 0.321. The molecular weight excluding hydrogens is 342 g/mol. The Kier molecular flexibility index (Phi) is 7.17. The summed E-state index contributed by atoms with van der Waals surface area (Å²) in [5.41, 5.74) is 0.775. The average Bonchev–Trinajstić information content (AvgIpc) is 2.43. The highest BCUT2D eigenvalue weighted by atomic mass is 32.2. The van der Waals surface area contributed by atoms with Crippen molar-refractivity contribution in [3.8, 4) is 0 Å². The predicted octanol–water partition coefficient (Wildman–Crippen LogP) is 1.39. The predicted molar refractivity (Wildman–Crippen MR) is 91.5 cm³/mol. The number of benzene rings is 1. The fourth-order valence-electron chi connectivity index (χ4n) is 1.65. The van der Waals surface area contributed by atoms with Gasteiger partial charge in [-0.15, -0.1) is 0 Å². The maximum Gasteiger partial charge on any atom is 0.326 e. The number of carboxylic acids is 1. The number of nitrogens with one attached hydrogen (secondary N) is 3. The number of amides is 2. The lowest BCUT2D eigenvalue weighted by Gasteiger charge is -2.15. The van der Waals surface area contributed by atoms with Crippen LogP contribution in [0.4, 0.5) is 16.2 Å². The SMILES string of the molecule is CSCCC(NC(=O)Nc1ccc(NS(C)(=O)=O)cc1)C(=O)O. The van der Waals surface area contributed by atoms with Crippen LogP contribution < -0.4 is 15.4 Å². The number of rotatable bonds is 8. The van der Waals surface area contributed by atoms with Gasteiger partial charge in [-0.05, 0) is 42.7 Å². The number of hydrogen-bond donors (Lipinski definition) is 4. The van der Waals surface area contributed by atoms with E-state index in [2.05, 4.69) is 15.4 Å². The molecule has 0 bridgehead atoms. The maximum atomic E-state index is 11.8. The van der Waals surface area contributed by atoms with Gasteiger partial charge in [0.15, 0.2) is 0 Å². The summed E-state index contributed by atoms with van der Waals surface area (Å²) in [6.45, 7) is 0. The van der Waals surface area contributed by atoms with E-state index < -0.39 is 28.1 Å². The average molecular weight is 361 g/mol. The first kappa shape index (κ1) is 19.1. The van der Waals surface area contributed by atoms with Crippen molar-refractivity contribution >= 4 is 45.2 Å². The molecule has 8 nitrogen and oxygen atoms in total. The molecule has 0 radical (unpaired) electrons. The van der Waals surface area contributed by atoms with E-state index in [0.29, 0.717) is 23.5 Å². The molecular formula is C13H19N3O5S2. The molecule has 0 aliphatic carbocycles. The summed E-state index contributed by atoms with van der Waals surface area (Å²) in [4.78, 5) is 22.9. The Bertz CT molecular complexity index is 646. The highest BCUT2D eigenvalue weighted by Crippen LogP contribution is 2.14. The number of urea groups is 1. The number of thioether (sulfide) groups is 1. The van der Waals surface area contributed by atoms with E-state index in [0.717, 1.165) is 6.26 Å². The summed E-state index contributed by atoms with van der Waals surface area (Å²) in [5.74, 6) is -0.481. The van der Waals surface area contributed by atoms with Crippen LogP contribution in [0.3, 0.4) is 0 Å². The Hall–Kier alpha value is -1.94. The maximum absolute atomic E-state index is 11.8. The molecule has 0 aromatic heterocycles. The molecule has 0 fully saturated rings. The van der Waals surface area contributed by atoms with Gasteiger partial charge >= 0.3 is 12.0 Å². The second-order valence-corrected chi connectivity index (χ2v) is 7.46. The molecule has 10 heteroatoms. The van der Waals surface area contributed by atoms with E-state index in [4.69, 9.17) is 5.11 Å². The highest BCUT2D eigenvalue weighted by Gasteiger charge is 2.19. The minimum atomic E-state index is -3.36. The summed E-state index contributed by atoms with van der Waals surface area (Å²) in [5, 5.41) is 13.9. The first-order chi connectivity index (χ1) is 10.7. The zero-order valence-corrected chi connectivity index (χ0v) is 14.3. The molecule has 1 rings (SSSR count). The van der Waals surface area contributed by atoms with Gasteiger partial charge in [-0.1, -0.05) is 0 Å². The lowest BCUT2D eigenvalue weighted by atomic mass is 10.2. The Labute approximate surface area is 139 Å². The summed E-state index contributed by atoms with van der Waals surface area (Å²) in [6.07, 6.45) is 3.21. The fraction of sp³-hybridized carbons (Fsp3) is 0.385. The number of aliphatic carboxylic acids is 1. The molecule has 1 atom stereocenters. The Balaban J connectivity index is 2.61. The molecule has 128 valence electrons. The summed E-state index contributed by atoms with van der Waals surface area (Å²) in [7, 11) is -3.36. The Morgan fingerprint density at radius 3 is 2.26 bits per heavy atom. The third-order valence-electron chi connectivity index (χ3n) is 2.66. The van der Waals surface area contributed by atoms with Crippen molar-refractivity contribution in [3.63, 3.8) is 0 Å². The molecule has 23 heavy (non-hydrogen) atoms. The van der Waals surface area contributed by atoms with Gasteiger partial charge in [-0.2, -0.15) is 11.8 Å². The topological polar surface area (TPSA) is 125 Å². The van der Waals surface area contributed by atoms with E-state index in [-0.39, 0.29) is 0 Å². The molecule has 4 N–H and O–H groups in total. The summed E-state index contributed by atoms with van der Waals surface area (Å²) in [6, 6.07) is 4.38. The van der Waals surface area contributed by atoms with E-state index in [1.165, 1.54) is 36.0 Å². The van der Waals surface area contributed by atoms with Crippen LogP contribution in [0.2, 0.25) is 0 Å². The van der Waals surface area contributed by atoms with Gasteiger partial charge in [0.2, 0.25) is 10.0 Å². The van der Waals surface area contributed by atoms with E-state index in [1.54, 1.807) is 0 Å². The van der Waals surface area contributed by atoms with Crippen LogP contribution in [0.5, 0.6) is 0 Å². The van der Waals surface area contributed by atoms with Crippen molar-refractivity contribution in [2.24, 2.45) is 0 Å². The lowest BCUT2D eigenvalue weighted by molar-refractivity contribution is -0.139. The van der Waals surface area contributed by atoms with E-state index >= 15 is 0 Å². The van der Waals surface area contributed by atoms with Crippen LogP contribution in [-0.4, -0.2) is 49.8 Å². The number of carbonyl (C=O) groups excluding carboxylic acids is 1. The minimum Gasteiger partial charge on any atom is -0.480 e. The molecule has 0 spiro atoms. The van der Waals surface area contributed by atoms with Crippen LogP contribution in [-0.2, 0) is 14.8 Å². The van der Waals surface area contributed by atoms with Crippen molar-refractivity contribution in [3.05, 3.63) is 24.3 Å². The third-order valence-corrected chi connectivity index (χ3v) is 3.91. The van der Waals surface area contributed by atoms with Crippen LogP contribution in [0.25, 0.3) is 0 Å². The van der Waals surface area contributed by atoms with Gasteiger partial charge < -0.3 is 15.7 Å². The molecule has 0 saturated carbocycles. The monoisotopic (exact) mass is 361 g/mol. The highest BCUT2D eigenvalue weighted by molar-refractivity contribution is 7.98. The molecule has 0 heterocycles. The van der Waals surface area contributed by atoms with Gasteiger partial charge in [-0.25, -0.2) is 18.0 Å². The van der Waals surface area contributed by atoms with Gasteiger partial charge in [0.1, 0.15) is 6.04 Å². The first-order valence-corrected chi connectivity index (χ1v) is 9.87. The first-order valence-electron chi connectivity index (χ1n) is 6.58. The smallest absolute Gasteiger partial charge is 0.326 e. The van der Waals surface area contributed by atoms with Crippen molar-refractivity contribution in [1.29, 1.82) is 0 Å². The van der Waals surface area contributed by atoms with E-state index in [9.17, 15) is 18.0 Å². The second-order valence-electron chi connectivity index (χ2n) is 4.72. The third kappa shape index (κ3) is 7.75. The molecule has 2 amide bonds. The molecule has 0 saturated heterocycles. The zero-order valence-electron chi connectivity index (χ0n) is 12.7. The molecule has 0 aliphatic heterocycles. The van der Waals surface area contributed by atoms with Crippen molar-refractivity contribution in [2.45, 2.75) is 12.5 Å². The number of anilines is 2. The standard InChI is InChI=1S/C13H19N3O5S2/c1-22-8-7-11(12(17)18)15-13(19)14-9-3-5-10(6-4-9)16-23(2,20)21/h3-6,11,16H,7-8H2,1-2H3,(H,17,18)(H2,14,15,19). The quantitative estimate of drug-likeness (QED) is 0.554. The summed E-state index contributed by atoms with van der Waals surface area (Å²) >= 11 is 1.49. The fourth-order valence-corrected chi connectivity index (χ4v) is 2.69. The molecule has 0 aliphatic rings. The van der Waals surface area contributed by atoms with Crippen molar-refractivity contribution in [1.82, 2.24) is 5.32 Å². The van der Waals surface area contributed by atoms with Gasteiger partial charge in [-0.3, -0.25) is 4.72 Å². The second kappa shape index (κ2) is 8.63. The zero-order chi connectivity index (χ0) is 17.5. The van der Waals surface area contributed by atoms with Crippen molar-refractivity contribution in [2.75, 3.05) is 28.3 Å². The Morgan fingerprint density at radius 2 is 1.78 bits per heavy atom. The van der Waals surface area contributed by atoms with Gasteiger partial charge in [0.25, 0.3) is 0 Å². The van der Waals surface area contributed by atoms with Gasteiger partial charge in [0, 0.05) is 11.4 Å². The van der Waals surface area contributed by atoms with Crippen LogP contribution in [0, 0.1) is 0 Å². The Morgan fingerprint density at radius 1 is 1.22 bits per heavy atom. The molecule has 1 aromatic carbocycles. The number of carbonyl (C=O) groups is 2. The van der Waals surface area contributed by atoms with Gasteiger partial charge in [0.05, 0.1) is 6.26 Å². The number of carboxylic acid groups (broad SMARTS) is 1. The summed E-state index contributed by atoms with van der Waals surface area (Å²) < 4.78 is 24.5. The van der Waals surface area contributed by atoms with Crippen LogP contribution >= 0.6 is 11.8 Å². The molecule has 1 unspecified atom stereocenters. The lowest BCUT2D eigenvalue weighted by Crippen LogP contribution is -2.43. The molecule has 1 aromatic rings. The van der Waals surface area contributed by atoms with Crippen LogP contribution in [0.1, 0.15) is 6.42 Å². The van der Waals surface area contributed by atoms with Crippen molar-refractivity contribution < 1.29 is 23.1 Å².